The van der Waals surface area contributed by atoms with E-state index in [0.29, 0.717) is 22.6 Å². The number of fused-ring (bicyclic) bond motifs is 1. The first kappa shape index (κ1) is 14.5. The standard InChI is InChI=1S/C16H16FN3O2/c17-11-6-4-10(5-7-11)16-19-15-13(18)2-1-3-14(15)20(16)8-12(22)9-21/h1-7,12,21-22H,8-9,18H2. The van der Waals surface area contributed by atoms with Crippen LogP contribution in [0.5, 0.6) is 0 Å². The molecule has 1 atom stereocenters. The fourth-order valence-corrected chi connectivity index (χ4v) is 2.44. The van der Waals surface area contributed by atoms with E-state index in [1.54, 1.807) is 28.8 Å². The molecule has 2 aromatic carbocycles. The van der Waals surface area contributed by atoms with Crippen LogP contribution < -0.4 is 5.73 Å². The molecule has 0 fully saturated rings. The molecule has 6 heteroatoms. The lowest BCUT2D eigenvalue weighted by Crippen LogP contribution is -2.20. The Balaban J connectivity index is 2.21. The van der Waals surface area contributed by atoms with E-state index >= 15 is 0 Å². The fraction of sp³-hybridized carbons (Fsp3) is 0.188. The van der Waals surface area contributed by atoms with Gasteiger partial charge in [0, 0.05) is 5.56 Å². The van der Waals surface area contributed by atoms with Crippen LogP contribution in [0.4, 0.5) is 10.1 Å². The summed E-state index contributed by atoms with van der Waals surface area (Å²) in [7, 11) is 0. The van der Waals surface area contributed by atoms with Crippen LogP contribution in [0.15, 0.2) is 42.5 Å². The number of rotatable bonds is 4. The van der Waals surface area contributed by atoms with Crippen LogP contribution in [0.2, 0.25) is 0 Å². The highest BCUT2D eigenvalue weighted by Gasteiger charge is 2.16. The zero-order valence-electron chi connectivity index (χ0n) is 11.8. The minimum atomic E-state index is -0.918. The van der Waals surface area contributed by atoms with Crippen molar-refractivity contribution in [2.24, 2.45) is 0 Å². The molecule has 3 rings (SSSR count). The minimum Gasteiger partial charge on any atom is -0.397 e. The van der Waals surface area contributed by atoms with Crippen molar-refractivity contribution >= 4 is 16.7 Å². The van der Waals surface area contributed by atoms with Gasteiger partial charge in [0.15, 0.2) is 0 Å². The Morgan fingerprint density at radius 2 is 1.91 bits per heavy atom. The van der Waals surface area contributed by atoms with Crippen LogP contribution in [0, 0.1) is 5.82 Å². The number of nitrogens with zero attached hydrogens (tertiary/aromatic N) is 2. The van der Waals surface area contributed by atoms with Crippen molar-refractivity contribution in [3.8, 4) is 11.4 Å². The average Bonchev–Trinajstić information content (AvgIpc) is 2.88. The lowest BCUT2D eigenvalue weighted by Gasteiger charge is -2.12. The minimum absolute atomic E-state index is 0.170. The number of nitrogen functional groups attached to an aromatic ring is 1. The van der Waals surface area contributed by atoms with Crippen molar-refractivity contribution in [1.82, 2.24) is 9.55 Å². The van der Waals surface area contributed by atoms with E-state index in [1.165, 1.54) is 12.1 Å². The number of imidazole rings is 1. The van der Waals surface area contributed by atoms with Gasteiger partial charge < -0.3 is 20.5 Å². The van der Waals surface area contributed by atoms with Crippen LogP contribution in [0.25, 0.3) is 22.4 Å². The highest BCUT2D eigenvalue weighted by atomic mass is 19.1. The number of aromatic nitrogens is 2. The molecule has 1 heterocycles. The first-order valence-electron chi connectivity index (χ1n) is 6.89. The van der Waals surface area contributed by atoms with Crippen LogP contribution in [-0.2, 0) is 6.54 Å². The van der Waals surface area contributed by atoms with Crippen molar-refractivity contribution in [3.63, 3.8) is 0 Å². The van der Waals surface area contributed by atoms with Crippen molar-refractivity contribution in [1.29, 1.82) is 0 Å². The molecule has 0 radical (unpaired) electrons. The van der Waals surface area contributed by atoms with E-state index in [2.05, 4.69) is 4.98 Å². The maximum atomic E-state index is 13.1. The number of anilines is 1. The molecule has 1 aromatic heterocycles. The molecule has 0 saturated carbocycles. The molecule has 0 saturated heterocycles. The summed E-state index contributed by atoms with van der Waals surface area (Å²) >= 11 is 0. The summed E-state index contributed by atoms with van der Waals surface area (Å²) in [6.07, 6.45) is -0.918. The summed E-state index contributed by atoms with van der Waals surface area (Å²) in [5, 5.41) is 18.9. The average molecular weight is 301 g/mol. The van der Waals surface area contributed by atoms with Gasteiger partial charge in [-0.2, -0.15) is 0 Å². The lowest BCUT2D eigenvalue weighted by molar-refractivity contribution is 0.0824. The van der Waals surface area contributed by atoms with E-state index in [4.69, 9.17) is 10.8 Å². The second-order valence-electron chi connectivity index (χ2n) is 5.10. The molecular formula is C16H16FN3O2. The number of hydrogen-bond acceptors (Lipinski definition) is 4. The second kappa shape index (κ2) is 5.75. The Morgan fingerprint density at radius 3 is 2.59 bits per heavy atom. The molecule has 0 aliphatic rings. The molecule has 0 spiro atoms. The molecule has 114 valence electrons. The van der Waals surface area contributed by atoms with Crippen molar-refractivity contribution in [2.75, 3.05) is 12.3 Å². The van der Waals surface area contributed by atoms with Gasteiger partial charge >= 0.3 is 0 Å². The molecule has 22 heavy (non-hydrogen) atoms. The third kappa shape index (κ3) is 2.54. The number of aliphatic hydroxyl groups excluding tert-OH is 2. The number of benzene rings is 2. The molecule has 1 unspecified atom stereocenters. The molecule has 4 N–H and O–H groups in total. The highest BCUT2D eigenvalue weighted by Crippen LogP contribution is 2.28. The van der Waals surface area contributed by atoms with Crippen LogP contribution >= 0.6 is 0 Å². The van der Waals surface area contributed by atoms with Crippen molar-refractivity contribution in [2.45, 2.75) is 12.6 Å². The van der Waals surface area contributed by atoms with Crippen LogP contribution in [0.1, 0.15) is 0 Å². The summed E-state index contributed by atoms with van der Waals surface area (Å²) < 4.78 is 14.9. The zero-order valence-corrected chi connectivity index (χ0v) is 11.8. The van der Waals surface area contributed by atoms with Crippen LogP contribution in [-0.4, -0.2) is 32.5 Å². The second-order valence-corrected chi connectivity index (χ2v) is 5.10. The monoisotopic (exact) mass is 301 g/mol. The Bertz CT molecular complexity index is 799. The Labute approximate surface area is 126 Å². The van der Waals surface area contributed by atoms with Crippen molar-refractivity contribution in [3.05, 3.63) is 48.3 Å². The van der Waals surface area contributed by atoms with Gasteiger partial charge in [0.25, 0.3) is 0 Å². The smallest absolute Gasteiger partial charge is 0.141 e. The summed E-state index contributed by atoms with van der Waals surface area (Å²) in [5.74, 6) is 0.238. The molecular weight excluding hydrogens is 285 g/mol. The number of aliphatic hydroxyl groups is 2. The van der Waals surface area contributed by atoms with Gasteiger partial charge in [-0.3, -0.25) is 0 Å². The van der Waals surface area contributed by atoms with Gasteiger partial charge in [0.05, 0.1) is 30.5 Å². The van der Waals surface area contributed by atoms with Crippen molar-refractivity contribution < 1.29 is 14.6 Å². The fourth-order valence-electron chi connectivity index (χ4n) is 2.44. The van der Waals surface area contributed by atoms with Gasteiger partial charge in [0.1, 0.15) is 17.2 Å². The van der Waals surface area contributed by atoms with E-state index in [9.17, 15) is 9.50 Å². The van der Waals surface area contributed by atoms with E-state index in [0.717, 1.165) is 5.52 Å². The Hall–Kier alpha value is -2.44. The summed E-state index contributed by atoms with van der Waals surface area (Å²) in [6, 6.07) is 11.3. The molecule has 0 aliphatic heterocycles. The number of halogens is 1. The maximum Gasteiger partial charge on any atom is 0.141 e. The molecule has 0 aliphatic carbocycles. The lowest BCUT2D eigenvalue weighted by atomic mass is 10.2. The zero-order chi connectivity index (χ0) is 15.7. The third-order valence-electron chi connectivity index (χ3n) is 3.52. The number of hydrogen-bond donors (Lipinski definition) is 3. The molecule has 0 amide bonds. The Morgan fingerprint density at radius 1 is 1.18 bits per heavy atom. The van der Waals surface area contributed by atoms with Gasteiger partial charge in [0.2, 0.25) is 0 Å². The molecule has 0 bridgehead atoms. The highest BCUT2D eigenvalue weighted by molar-refractivity contribution is 5.90. The SMILES string of the molecule is Nc1cccc2c1nc(-c1ccc(F)cc1)n2CC(O)CO. The summed E-state index contributed by atoms with van der Waals surface area (Å²) in [5.41, 5.74) is 8.57. The predicted octanol–water partition coefficient (Wildman–Crippen LogP) is 1.78. The van der Waals surface area contributed by atoms with E-state index < -0.39 is 6.10 Å². The normalized spacial score (nSPS) is 12.7. The number of nitrogens with two attached hydrogens (primary N) is 1. The first-order chi connectivity index (χ1) is 10.6. The maximum absolute atomic E-state index is 13.1. The quantitative estimate of drug-likeness (QED) is 0.641. The van der Waals surface area contributed by atoms with Gasteiger partial charge in [-0.15, -0.1) is 0 Å². The van der Waals surface area contributed by atoms with E-state index in [1.807, 2.05) is 6.07 Å². The number of para-hydroxylation sites is 1. The largest absolute Gasteiger partial charge is 0.397 e. The Kier molecular flexibility index (Phi) is 3.79. The van der Waals surface area contributed by atoms with Gasteiger partial charge in [-0.05, 0) is 36.4 Å². The van der Waals surface area contributed by atoms with Gasteiger partial charge in [-0.1, -0.05) is 6.07 Å². The summed E-state index contributed by atoms with van der Waals surface area (Å²) in [4.78, 5) is 4.52. The van der Waals surface area contributed by atoms with Gasteiger partial charge in [-0.25, -0.2) is 9.37 Å². The van der Waals surface area contributed by atoms with E-state index in [-0.39, 0.29) is 19.0 Å². The van der Waals surface area contributed by atoms with Crippen LogP contribution in [0.3, 0.4) is 0 Å². The molecule has 5 nitrogen and oxygen atoms in total. The predicted molar refractivity (Wildman–Crippen MR) is 82.6 cm³/mol. The molecule has 3 aromatic rings. The third-order valence-corrected chi connectivity index (χ3v) is 3.52. The first-order valence-corrected chi connectivity index (χ1v) is 6.89. The summed E-state index contributed by atoms with van der Waals surface area (Å²) in [6.45, 7) is -0.186. The topological polar surface area (TPSA) is 84.3 Å².